The van der Waals surface area contributed by atoms with Gasteiger partial charge in [0.1, 0.15) is 6.29 Å². The summed E-state index contributed by atoms with van der Waals surface area (Å²) in [6, 6.07) is 2.73. The lowest BCUT2D eigenvalue weighted by molar-refractivity contribution is -0.107. The summed E-state index contributed by atoms with van der Waals surface area (Å²) in [6.07, 6.45) is 1.37. The highest BCUT2D eigenvalue weighted by Gasteiger charge is 2.07. The van der Waals surface area contributed by atoms with Crippen molar-refractivity contribution in [3.8, 4) is 23.3 Å². The molecule has 0 radical (unpaired) electrons. The molecule has 4 nitrogen and oxygen atoms in total. The topological polar surface area (TPSA) is 63.6 Å². The lowest BCUT2D eigenvalue weighted by atomic mass is 10.1. The Hall–Kier alpha value is -2.28. The van der Waals surface area contributed by atoms with Crippen molar-refractivity contribution in [2.24, 2.45) is 0 Å². The molecule has 16 heavy (non-hydrogen) atoms. The third kappa shape index (κ3) is 2.61. The number of phenolic OH excluding ortho intramolecular Hbond substituents is 1. The number of aldehydes is 2. The Morgan fingerprint density at radius 1 is 1.44 bits per heavy atom. The molecule has 0 saturated heterocycles. The van der Waals surface area contributed by atoms with Gasteiger partial charge in [-0.15, -0.1) is 0 Å². The predicted molar refractivity (Wildman–Crippen MR) is 57.6 cm³/mol. The Balaban J connectivity index is 3.19. The van der Waals surface area contributed by atoms with Crippen molar-refractivity contribution in [3.05, 3.63) is 23.3 Å². The highest BCUT2D eigenvalue weighted by atomic mass is 16.5. The fourth-order valence-corrected chi connectivity index (χ4v) is 1.14. The van der Waals surface area contributed by atoms with Crippen LogP contribution in [-0.2, 0) is 4.79 Å². The van der Waals surface area contributed by atoms with Gasteiger partial charge in [-0.05, 0) is 6.07 Å². The number of methoxy groups -OCH3 is 1. The van der Waals surface area contributed by atoms with Crippen LogP contribution in [0.4, 0.5) is 0 Å². The number of aromatic hydroxyl groups is 1. The third-order valence-electron chi connectivity index (χ3n) is 1.89. The predicted octanol–water partition coefficient (Wildman–Crippen LogP) is 1.15. The van der Waals surface area contributed by atoms with Crippen LogP contribution in [0, 0.1) is 11.8 Å². The second-order valence-corrected chi connectivity index (χ2v) is 2.90. The van der Waals surface area contributed by atoms with Crippen molar-refractivity contribution in [3.63, 3.8) is 0 Å². The van der Waals surface area contributed by atoms with E-state index in [2.05, 4.69) is 11.8 Å². The molecule has 1 N–H and O–H groups in total. The number of carbonyl (C=O) groups is 2. The van der Waals surface area contributed by atoms with Crippen LogP contribution in [0.1, 0.15) is 22.3 Å². The first-order chi connectivity index (χ1) is 7.72. The second-order valence-electron chi connectivity index (χ2n) is 2.90. The highest BCUT2D eigenvalue weighted by molar-refractivity contribution is 5.81. The Labute approximate surface area is 92.9 Å². The van der Waals surface area contributed by atoms with Crippen LogP contribution in [-0.4, -0.2) is 24.8 Å². The molecule has 0 aromatic heterocycles. The molecule has 0 amide bonds. The summed E-state index contributed by atoms with van der Waals surface area (Å²) in [7, 11) is 1.39. The van der Waals surface area contributed by atoms with E-state index in [4.69, 9.17) is 4.74 Å². The van der Waals surface area contributed by atoms with E-state index in [9.17, 15) is 14.7 Å². The Bertz CT molecular complexity index is 466. The van der Waals surface area contributed by atoms with E-state index in [1.807, 2.05) is 0 Å². The summed E-state index contributed by atoms with van der Waals surface area (Å²) in [5, 5.41) is 9.49. The molecule has 1 aromatic rings. The molecule has 4 heteroatoms. The molecule has 82 valence electrons. The van der Waals surface area contributed by atoms with Crippen molar-refractivity contribution in [1.82, 2.24) is 0 Å². The van der Waals surface area contributed by atoms with Crippen LogP contribution in [0.25, 0.3) is 0 Å². The minimum Gasteiger partial charge on any atom is -0.504 e. The zero-order valence-electron chi connectivity index (χ0n) is 8.69. The summed E-state index contributed by atoms with van der Waals surface area (Å²) < 4.78 is 4.85. The van der Waals surface area contributed by atoms with Crippen LogP contribution in [0.5, 0.6) is 11.5 Å². The average molecular weight is 218 g/mol. The Kier molecular flexibility index (Phi) is 4.10. The standard InChI is InChI=1S/C12H10O4/c1-16-12-7-10(8-14)9(6-11(12)15)4-2-3-5-13/h5-8,15H,3H2,1H3. The van der Waals surface area contributed by atoms with E-state index in [0.29, 0.717) is 23.7 Å². The molecule has 0 bridgehead atoms. The van der Waals surface area contributed by atoms with E-state index >= 15 is 0 Å². The number of hydrogen-bond acceptors (Lipinski definition) is 4. The van der Waals surface area contributed by atoms with Crippen LogP contribution in [0.2, 0.25) is 0 Å². The molecule has 0 aliphatic rings. The number of benzene rings is 1. The Morgan fingerprint density at radius 2 is 2.19 bits per heavy atom. The summed E-state index contributed by atoms with van der Waals surface area (Å²) in [6.45, 7) is 0. The maximum absolute atomic E-state index is 10.8. The molecular weight excluding hydrogens is 208 g/mol. The fraction of sp³-hybridized carbons (Fsp3) is 0.167. The van der Waals surface area contributed by atoms with Gasteiger partial charge in [0.05, 0.1) is 13.5 Å². The van der Waals surface area contributed by atoms with Crippen LogP contribution < -0.4 is 4.74 Å². The molecule has 0 spiro atoms. The summed E-state index contributed by atoms with van der Waals surface area (Å²) in [5.74, 6) is 5.31. The van der Waals surface area contributed by atoms with Crippen molar-refractivity contribution in [1.29, 1.82) is 0 Å². The van der Waals surface area contributed by atoms with Gasteiger partial charge in [-0.25, -0.2) is 0 Å². The van der Waals surface area contributed by atoms with Gasteiger partial charge in [-0.3, -0.25) is 4.79 Å². The van der Waals surface area contributed by atoms with E-state index in [0.717, 1.165) is 0 Å². The summed E-state index contributed by atoms with van der Waals surface area (Å²) in [5.41, 5.74) is 0.684. The second kappa shape index (κ2) is 5.56. The van der Waals surface area contributed by atoms with Gasteiger partial charge in [-0.2, -0.15) is 0 Å². The molecule has 0 atom stereocenters. The molecule has 0 aliphatic heterocycles. The van der Waals surface area contributed by atoms with Crippen molar-refractivity contribution in [2.75, 3.05) is 7.11 Å². The smallest absolute Gasteiger partial charge is 0.161 e. The van der Waals surface area contributed by atoms with Crippen LogP contribution >= 0.6 is 0 Å². The SMILES string of the molecule is COc1cc(C=O)c(C#CCC=O)cc1O. The quantitative estimate of drug-likeness (QED) is 0.610. The first-order valence-corrected chi connectivity index (χ1v) is 4.51. The minimum absolute atomic E-state index is 0.0884. The number of hydrogen-bond donors (Lipinski definition) is 1. The molecular formula is C12H10O4. The lowest BCUT2D eigenvalue weighted by Gasteiger charge is -2.05. The van der Waals surface area contributed by atoms with Crippen molar-refractivity contribution in [2.45, 2.75) is 6.42 Å². The van der Waals surface area contributed by atoms with Gasteiger partial charge in [-0.1, -0.05) is 11.8 Å². The minimum atomic E-state index is -0.0940. The van der Waals surface area contributed by atoms with Gasteiger partial charge >= 0.3 is 0 Å². The normalized spacial score (nSPS) is 8.81. The molecule has 0 heterocycles. The zero-order chi connectivity index (χ0) is 12.0. The van der Waals surface area contributed by atoms with E-state index in [-0.39, 0.29) is 17.9 Å². The molecule has 0 saturated carbocycles. The van der Waals surface area contributed by atoms with Gasteiger partial charge < -0.3 is 14.6 Å². The van der Waals surface area contributed by atoms with Gasteiger partial charge in [0.2, 0.25) is 0 Å². The average Bonchev–Trinajstić information content (AvgIpc) is 2.30. The first-order valence-electron chi connectivity index (χ1n) is 4.51. The fourth-order valence-electron chi connectivity index (χ4n) is 1.14. The summed E-state index contributed by atoms with van der Waals surface area (Å²) in [4.78, 5) is 20.8. The van der Waals surface area contributed by atoms with Gasteiger partial charge in [0.15, 0.2) is 17.8 Å². The molecule has 0 fully saturated rings. The number of rotatable bonds is 3. The van der Waals surface area contributed by atoms with Crippen LogP contribution in [0.3, 0.4) is 0 Å². The van der Waals surface area contributed by atoms with Gasteiger partial charge in [0, 0.05) is 17.2 Å². The van der Waals surface area contributed by atoms with E-state index < -0.39 is 0 Å². The van der Waals surface area contributed by atoms with E-state index in [1.54, 1.807) is 0 Å². The summed E-state index contributed by atoms with van der Waals surface area (Å²) >= 11 is 0. The molecule has 0 unspecified atom stereocenters. The zero-order valence-corrected chi connectivity index (χ0v) is 8.69. The number of carbonyl (C=O) groups excluding carboxylic acids is 2. The molecule has 1 aromatic carbocycles. The van der Waals surface area contributed by atoms with Crippen molar-refractivity contribution < 1.29 is 19.4 Å². The Morgan fingerprint density at radius 3 is 2.75 bits per heavy atom. The first kappa shape index (κ1) is 11.8. The third-order valence-corrected chi connectivity index (χ3v) is 1.89. The largest absolute Gasteiger partial charge is 0.504 e. The van der Waals surface area contributed by atoms with Crippen molar-refractivity contribution >= 4 is 12.6 Å². The maximum Gasteiger partial charge on any atom is 0.161 e. The number of phenols is 1. The van der Waals surface area contributed by atoms with Crippen LogP contribution in [0.15, 0.2) is 12.1 Å². The van der Waals surface area contributed by atoms with Gasteiger partial charge in [0.25, 0.3) is 0 Å². The molecule has 0 aliphatic carbocycles. The van der Waals surface area contributed by atoms with E-state index in [1.165, 1.54) is 19.2 Å². The highest BCUT2D eigenvalue weighted by Crippen LogP contribution is 2.28. The maximum atomic E-state index is 10.8. The lowest BCUT2D eigenvalue weighted by Crippen LogP contribution is -1.91. The number of ether oxygens (including phenoxy) is 1. The molecule has 1 rings (SSSR count). The monoisotopic (exact) mass is 218 g/mol.